The highest BCUT2D eigenvalue weighted by Gasteiger charge is 2.30. The lowest BCUT2D eigenvalue weighted by molar-refractivity contribution is -0.137. The number of alkyl halides is 3. The predicted molar refractivity (Wildman–Crippen MR) is 86.3 cm³/mol. The van der Waals surface area contributed by atoms with E-state index in [9.17, 15) is 27.6 Å². The van der Waals surface area contributed by atoms with Crippen LogP contribution in [0.25, 0.3) is 0 Å². The molecule has 8 nitrogen and oxygen atoms in total. The number of halogens is 3. The molecule has 1 atom stereocenters. The molecule has 0 saturated carbocycles. The molecule has 11 heteroatoms. The summed E-state index contributed by atoms with van der Waals surface area (Å²) in [6, 6.07) is 3.32. The van der Waals surface area contributed by atoms with Crippen molar-refractivity contribution in [1.29, 1.82) is 0 Å². The van der Waals surface area contributed by atoms with E-state index in [1.807, 2.05) is 5.32 Å². The molecule has 26 heavy (non-hydrogen) atoms. The van der Waals surface area contributed by atoms with E-state index in [4.69, 9.17) is 4.84 Å². The van der Waals surface area contributed by atoms with Crippen molar-refractivity contribution in [3.8, 4) is 0 Å². The lowest BCUT2D eigenvalue weighted by Gasteiger charge is -2.10. The molecule has 1 aromatic rings. The number of benzene rings is 1. The molecule has 0 aliphatic rings. The molecule has 0 spiro atoms. The Morgan fingerprint density at radius 3 is 2.62 bits per heavy atom. The number of carbonyl (C=O) groups excluding carboxylic acids is 3. The third-order valence-corrected chi connectivity index (χ3v) is 2.79. The fourth-order valence-electron chi connectivity index (χ4n) is 1.58. The first-order valence-corrected chi connectivity index (χ1v) is 7.39. The zero-order valence-corrected chi connectivity index (χ0v) is 13.9. The zero-order valence-electron chi connectivity index (χ0n) is 13.9. The Kier molecular flexibility index (Phi) is 7.56. The van der Waals surface area contributed by atoms with Gasteiger partial charge >= 0.3 is 12.2 Å². The largest absolute Gasteiger partial charge is 0.416 e. The maximum Gasteiger partial charge on any atom is 0.416 e. The van der Waals surface area contributed by atoms with Gasteiger partial charge < -0.3 is 15.5 Å². The summed E-state index contributed by atoms with van der Waals surface area (Å²) in [5.41, 5.74) is -1.00. The van der Waals surface area contributed by atoms with Gasteiger partial charge in [-0.2, -0.15) is 13.2 Å². The highest BCUT2D eigenvalue weighted by molar-refractivity contribution is 6.31. The average Bonchev–Trinajstić information content (AvgIpc) is 2.54. The van der Waals surface area contributed by atoms with Crippen molar-refractivity contribution in [2.45, 2.75) is 26.1 Å². The molecule has 0 aliphatic heterocycles. The van der Waals surface area contributed by atoms with Crippen molar-refractivity contribution in [2.24, 2.45) is 5.16 Å². The summed E-state index contributed by atoms with van der Waals surface area (Å²) in [6.07, 6.45) is -5.06. The van der Waals surface area contributed by atoms with E-state index in [0.29, 0.717) is 12.8 Å². The van der Waals surface area contributed by atoms with Gasteiger partial charge in [0.2, 0.25) is 6.10 Å². The average molecular weight is 374 g/mol. The molecule has 3 N–H and O–H groups in total. The number of oxime groups is 1. The van der Waals surface area contributed by atoms with Crippen LogP contribution in [0.5, 0.6) is 0 Å². The van der Waals surface area contributed by atoms with Crippen LogP contribution in [0.15, 0.2) is 29.4 Å². The third kappa shape index (κ3) is 7.20. The Balaban J connectivity index is 2.53. The molecular weight excluding hydrogens is 357 g/mol. The second-order valence-electron chi connectivity index (χ2n) is 4.90. The monoisotopic (exact) mass is 374 g/mol. The van der Waals surface area contributed by atoms with Gasteiger partial charge in [0, 0.05) is 12.2 Å². The third-order valence-electron chi connectivity index (χ3n) is 2.79. The molecule has 0 heterocycles. The summed E-state index contributed by atoms with van der Waals surface area (Å²) in [4.78, 5) is 39.0. The smallest absolute Gasteiger partial charge is 0.383 e. The number of carbonyl (C=O) groups is 3. The first-order valence-electron chi connectivity index (χ1n) is 7.39. The van der Waals surface area contributed by atoms with Crippen molar-refractivity contribution in [3.63, 3.8) is 0 Å². The van der Waals surface area contributed by atoms with Crippen LogP contribution in [0.3, 0.4) is 0 Å². The second-order valence-corrected chi connectivity index (χ2v) is 4.90. The van der Waals surface area contributed by atoms with E-state index in [1.165, 1.54) is 13.0 Å². The molecule has 0 fully saturated rings. The Bertz CT molecular complexity index is 692. The number of nitrogens with zero attached hydrogens (tertiary/aromatic N) is 1. The maximum atomic E-state index is 12.6. The van der Waals surface area contributed by atoms with Crippen LogP contribution in [-0.4, -0.2) is 36.7 Å². The Hall–Kier alpha value is -3.11. The molecule has 0 saturated heterocycles. The van der Waals surface area contributed by atoms with Crippen molar-refractivity contribution in [1.82, 2.24) is 10.6 Å². The van der Waals surface area contributed by atoms with Gasteiger partial charge in [0.15, 0.2) is 0 Å². The molecule has 0 aromatic heterocycles. The molecule has 0 radical (unpaired) electrons. The standard InChI is InChI=1S/C15H17F3N4O4/c1-3-19-14(25)22-13(24)9(2)26-20-8-12(23)21-11-6-4-5-10(7-11)15(16,17)18/h4-9H,3H2,1-2H3,(H,21,23)(H2,19,22,24,25)/b20-8-/t9-/m1/s1. The van der Waals surface area contributed by atoms with Crippen LogP contribution in [0.1, 0.15) is 19.4 Å². The molecule has 142 valence electrons. The first-order chi connectivity index (χ1) is 12.1. The molecular formula is C15H17F3N4O4. The number of anilines is 1. The van der Waals surface area contributed by atoms with E-state index in [0.717, 1.165) is 18.2 Å². The normalized spacial score (nSPS) is 12.3. The van der Waals surface area contributed by atoms with E-state index in [-0.39, 0.29) is 5.69 Å². The fraction of sp³-hybridized carbons (Fsp3) is 0.333. The number of rotatable bonds is 6. The second kappa shape index (κ2) is 9.39. The Morgan fingerprint density at radius 2 is 2.00 bits per heavy atom. The minimum atomic E-state index is -4.54. The zero-order chi connectivity index (χ0) is 19.7. The summed E-state index contributed by atoms with van der Waals surface area (Å²) < 4.78 is 37.8. The van der Waals surface area contributed by atoms with Crippen molar-refractivity contribution in [3.05, 3.63) is 29.8 Å². The minimum Gasteiger partial charge on any atom is -0.383 e. The Labute approximate surface area is 146 Å². The minimum absolute atomic E-state index is 0.0849. The molecule has 4 amide bonds. The van der Waals surface area contributed by atoms with Crippen molar-refractivity contribution < 1.29 is 32.4 Å². The van der Waals surface area contributed by atoms with Crippen LogP contribution < -0.4 is 16.0 Å². The first kappa shape index (κ1) is 20.9. The number of amides is 4. The molecule has 1 rings (SSSR count). The summed E-state index contributed by atoms with van der Waals surface area (Å²) in [6.45, 7) is 3.27. The highest BCUT2D eigenvalue weighted by Crippen LogP contribution is 2.30. The van der Waals surface area contributed by atoms with Crippen LogP contribution >= 0.6 is 0 Å². The SMILES string of the molecule is CCNC(=O)NC(=O)[C@@H](C)O/N=C\C(=O)Nc1cccc(C(F)(F)F)c1. The topological polar surface area (TPSA) is 109 Å². The van der Waals surface area contributed by atoms with Gasteiger partial charge in [0.05, 0.1) is 5.56 Å². The molecule has 0 unspecified atom stereocenters. The van der Waals surface area contributed by atoms with Gasteiger partial charge in [0.25, 0.3) is 11.8 Å². The molecule has 0 aliphatic carbocycles. The van der Waals surface area contributed by atoms with Gasteiger partial charge in [-0.1, -0.05) is 11.2 Å². The number of hydrogen-bond donors (Lipinski definition) is 3. The number of urea groups is 1. The van der Waals surface area contributed by atoms with Crippen LogP contribution in [0, 0.1) is 0 Å². The lowest BCUT2D eigenvalue weighted by Crippen LogP contribution is -2.43. The fourth-order valence-corrected chi connectivity index (χ4v) is 1.58. The summed E-state index contributed by atoms with van der Waals surface area (Å²) in [5, 5.41) is 9.76. The summed E-state index contributed by atoms with van der Waals surface area (Å²) in [7, 11) is 0. The quantitative estimate of drug-likeness (QED) is 0.522. The number of nitrogens with one attached hydrogen (secondary N) is 3. The molecule has 1 aromatic carbocycles. The van der Waals surface area contributed by atoms with Gasteiger partial charge in [-0.15, -0.1) is 0 Å². The van der Waals surface area contributed by atoms with Gasteiger partial charge in [-0.25, -0.2) is 4.79 Å². The van der Waals surface area contributed by atoms with E-state index in [1.54, 1.807) is 6.92 Å². The van der Waals surface area contributed by atoms with E-state index >= 15 is 0 Å². The summed E-state index contributed by atoms with van der Waals surface area (Å²) in [5.74, 6) is -1.65. The van der Waals surface area contributed by atoms with Crippen LogP contribution in [0.2, 0.25) is 0 Å². The molecule has 0 bridgehead atoms. The van der Waals surface area contributed by atoms with Gasteiger partial charge in [0.1, 0.15) is 6.21 Å². The van der Waals surface area contributed by atoms with Gasteiger partial charge in [-0.05, 0) is 32.0 Å². The number of imide groups is 1. The van der Waals surface area contributed by atoms with E-state index < -0.39 is 35.7 Å². The summed E-state index contributed by atoms with van der Waals surface area (Å²) >= 11 is 0. The van der Waals surface area contributed by atoms with Crippen molar-refractivity contribution in [2.75, 3.05) is 11.9 Å². The number of hydrogen-bond acceptors (Lipinski definition) is 5. The predicted octanol–water partition coefficient (Wildman–Crippen LogP) is 1.88. The lowest BCUT2D eigenvalue weighted by atomic mass is 10.2. The Morgan fingerprint density at radius 1 is 1.31 bits per heavy atom. The van der Waals surface area contributed by atoms with E-state index in [2.05, 4.69) is 15.8 Å². The maximum absolute atomic E-state index is 12.6. The van der Waals surface area contributed by atoms with Crippen LogP contribution in [-0.2, 0) is 20.6 Å². The van der Waals surface area contributed by atoms with Crippen molar-refractivity contribution >= 4 is 29.7 Å². The highest BCUT2D eigenvalue weighted by atomic mass is 19.4. The van der Waals surface area contributed by atoms with Crippen LogP contribution in [0.4, 0.5) is 23.7 Å². The van der Waals surface area contributed by atoms with Gasteiger partial charge in [-0.3, -0.25) is 14.9 Å².